The van der Waals surface area contributed by atoms with E-state index in [1.807, 2.05) is 55.5 Å². The Bertz CT molecular complexity index is 1100. The molecule has 4 aromatic rings. The second-order valence-electron chi connectivity index (χ2n) is 6.08. The maximum atomic E-state index is 6.01. The van der Waals surface area contributed by atoms with E-state index in [1.54, 1.807) is 11.8 Å². The SMILES string of the molecule is CCOc1ccc(Nc2nnc(SCCc3nc(-c4cccc(Cl)c4)no3)s2)cc1. The van der Waals surface area contributed by atoms with Crippen molar-refractivity contribution < 1.29 is 9.26 Å². The van der Waals surface area contributed by atoms with Crippen molar-refractivity contribution in [3.63, 3.8) is 0 Å². The highest BCUT2D eigenvalue weighted by Gasteiger charge is 2.10. The molecule has 0 spiro atoms. The van der Waals surface area contributed by atoms with Gasteiger partial charge in [0.15, 0.2) is 4.34 Å². The normalized spacial score (nSPS) is 10.9. The van der Waals surface area contributed by atoms with Crippen molar-refractivity contribution in [3.8, 4) is 17.1 Å². The average molecular weight is 460 g/mol. The van der Waals surface area contributed by atoms with Gasteiger partial charge in [-0.2, -0.15) is 4.98 Å². The van der Waals surface area contributed by atoms with Gasteiger partial charge < -0.3 is 14.6 Å². The van der Waals surface area contributed by atoms with Crippen LogP contribution in [0.3, 0.4) is 0 Å². The van der Waals surface area contributed by atoms with Gasteiger partial charge in [-0.25, -0.2) is 0 Å². The van der Waals surface area contributed by atoms with E-state index in [1.165, 1.54) is 11.3 Å². The summed E-state index contributed by atoms with van der Waals surface area (Å²) < 4.78 is 11.7. The van der Waals surface area contributed by atoms with Crippen LogP contribution in [0.25, 0.3) is 11.4 Å². The summed E-state index contributed by atoms with van der Waals surface area (Å²) >= 11 is 9.11. The van der Waals surface area contributed by atoms with Crippen LogP contribution in [0, 0.1) is 0 Å². The van der Waals surface area contributed by atoms with Crippen molar-refractivity contribution in [2.24, 2.45) is 0 Å². The number of nitrogens with zero attached hydrogens (tertiary/aromatic N) is 4. The molecule has 0 aliphatic carbocycles. The number of ether oxygens (including phenoxy) is 1. The third kappa shape index (κ3) is 5.50. The van der Waals surface area contributed by atoms with E-state index in [2.05, 4.69) is 25.7 Å². The minimum Gasteiger partial charge on any atom is -0.494 e. The number of aryl methyl sites for hydroxylation is 1. The predicted molar refractivity (Wildman–Crippen MR) is 120 cm³/mol. The first-order chi connectivity index (χ1) is 14.7. The van der Waals surface area contributed by atoms with Crippen LogP contribution in [0.5, 0.6) is 5.75 Å². The summed E-state index contributed by atoms with van der Waals surface area (Å²) in [4.78, 5) is 4.43. The van der Waals surface area contributed by atoms with Crippen LogP contribution in [0.2, 0.25) is 5.02 Å². The fraction of sp³-hybridized carbons (Fsp3) is 0.200. The highest BCUT2D eigenvalue weighted by Crippen LogP contribution is 2.29. The van der Waals surface area contributed by atoms with Crippen molar-refractivity contribution >= 4 is 45.5 Å². The average Bonchev–Trinajstić information content (AvgIpc) is 3.40. The van der Waals surface area contributed by atoms with E-state index in [9.17, 15) is 0 Å². The van der Waals surface area contributed by atoms with Crippen LogP contribution < -0.4 is 10.1 Å². The Labute approximate surface area is 186 Å². The molecule has 0 saturated carbocycles. The van der Waals surface area contributed by atoms with Crippen molar-refractivity contribution in [2.45, 2.75) is 17.7 Å². The second kappa shape index (κ2) is 9.92. The molecular formula is C20H18ClN5O2S2. The first-order valence-corrected chi connectivity index (χ1v) is 11.4. The molecule has 4 rings (SSSR count). The smallest absolute Gasteiger partial charge is 0.227 e. The molecule has 0 atom stereocenters. The third-order valence-corrected chi connectivity index (χ3v) is 6.12. The highest BCUT2D eigenvalue weighted by atomic mass is 35.5. The zero-order valence-corrected chi connectivity index (χ0v) is 18.4. The van der Waals surface area contributed by atoms with Gasteiger partial charge in [0.25, 0.3) is 0 Å². The Morgan fingerprint density at radius 1 is 1.17 bits per heavy atom. The number of hydrogen-bond donors (Lipinski definition) is 1. The van der Waals surface area contributed by atoms with Crippen molar-refractivity contribution in [1.29, 1.82) is 0 Å². The summed E-state index contributed by atoms with van der Waals surface area (Å²) in [6.45, 7) is 2.61. The third-order valence-electron chi connectivity index (χ3n) is 3.92. The standard InChI is InChI=1S/C20H18ClN5O2S2/c1-2-27-16-8-6-15(7-9-16)22-19-24-25-20(30-19)29-11-10-17-23-18(26-28-17)13-4-3-5-14(21)12-13/h3-9,12H,2,10-11H2,1H3,(H,22,24). The molecule has 0 aliphatic heterocycles. The monoisotopic (exact) mass is 459 g/mol. The topological polar surface area (TPSA) is 86.0 Å². The maximum Gasteiger partial charge on any atom is 0.227 e. The van der Waals surface area contributed by atoms with Gasteiger partial charge in [-0.05, 0) is 43.3 Å². The summed E-state index contributed by atoms with van der Waals surface area (Å²) in [5.41, 5.74) is 1.77. The number of aromatic nitrogens is 4. The van der Waals surface area contributed by atoms with Gasteiger partial charge in [-0.15, -0.1) is 10.2 Å². The van der Waals surface area contributed by atoms with Gasteiger partial charge in [0, 0.05) is 28.4 Å². The van der Waals surface area contributed by atoms with E-state index < -0.39 is 0 Å². The van der Waals surface area contributed by atoms with Crippen LogP contribution in [-0.2, 0) is 6.42 Å². The quantitative estimate of drug-likeness (QED) is 0.318. The molecule has 2 heterocycles. The minimum absolute atomic E-state index is 0.537. The fourth-order valence-electron chi connectivity index (χ4n) is 2.57. The molecule has 30 heavy (non-hydrogen) atoms. The van der Waals surface area contributed by atoms with Gasteiger partial charge >= 0.3 is 0 Å². The van der Waals surface area contributed by atoms with Gasteiger partial charge in [0.2, 0.25) is 16.8 Å². The largest absolute Gasteiger partial charge is 0.494 e. The minimum atomic E-state index is 0.537. The molecule has 0 bridgehead atoms. The first kappa shape index (κ1) is 20.6. The second-order valence-corrected chi connectivity index (χ2v) is 8.83. The molecule has 0 saturated heterocycles. The number of nitrogens with one attached hydrogen (secondary N) is 1. The Hall–Kier alpha value is -2.62. The van der Waals surface area contributed by atoms with Gasteiger partial charge in [-0.3, -0.25) is 0 Å². The molecule has 0 fully saturated rings. The Balaban J connectivity index is 1.28. The highest BCUT2D eigenvalue weighted by molar-refractivity contribution is 8.01. The van der Waals surface area contributed by atoms with E-state index in [-0.39, 0.29) is 0 Å². The molecule has 0 unspecified atom stereocenters. The van der Waals surface area contributed by atoms with Crippen LogP contribution >= 0.6 is 34.7 Å². The lowest BCUT2D eigenvalue weighted by Crippen LogP contribution is -1.92. The summed E-state index contributed by atoms with van der Waals surface area (Å²) in [6.07, 6.45) is 0.638. The summed E-state index contributed by atoms with van der Waals surface area (Å²) in [5.74, 6) is 2.72. The van der Waals surface area contributed by atoms with E-state index in [0.717, 1.165) is 32.2 Å². The summed E-state index contributed by atoms with van der Waals surface area (Å²) in [6, 6.07) is 15.1. The summed E-state index contributed by atoms with van der Waals surface area (Å²) in [5, 5.41) is 17.1. The lowest BCUT2D eigenvalue weighted by Gasteiger charge is -2.04. The molecule has 10 heteroatoms. The van der Waals surface area contributed by atoms with E-state index in [4.69, 9.17) is 20.9 Å². The van der Waals surface area contributed by atoms with Crippen LogP contribution in [0.4, 0.5) is 10.8 Å². The lowest BCUT2D eigenvalue weighted by molar-refractivity contribution is 0.340. The number of hydrogen-bond acceptors (Lipinski definition) is 9. The Kier molecular flexibility index (Phi) is 6.83. The van der Waals surface area contributed by atoms with Crippen LogP contribution in [-0.4, -0.2) is 32.7 Å². The molecule has 0 amide bonds. The van der Waals surface area contributed by atoms with E-state index >= 15 is 0 Å². The molecular weight excluding hydrogens is 442 g/mol. The summed E-state index contributed by atoms with van der Waals surface area (Å²) in [7, 11) is 0. The molecule has 0 radical (unpaired) electrons. The molecule has 2 aromatic heterocycles. The predicted octanol–water partition coefficient (Wildman–Crippen LogP) is 5.72. The number of thioether (sulfide) groups is 1. The number of rotatable bonds is 9. The van der Waals surface area contributed by atoms with Crippen LogP contribution in [0.15, 0.2) is 57.4 Å². The number of benzene rings is 2. The Morgan fingerprint density at radius 3 is 2.83 bits per heavy atom. The molecule has 7 nitrogen and oxygen atoms in total. The molecule has 2 aromatic carbocycles. The van der Waals surface area contributed by atoms with Crippen molar-refractivity contribution in [3.05, 3.63) is 59.4 Å². The zero-order valence-electron chi connectivity index (χ0n) is 16.0. The zero-order chi connectivity index (χ0) is 20.8. The van der Waals surface area contributed by atoms with Gasteiger partial charge in [0.05, 0.1) is 6.61 Å². The Morgan fingerprint density at radius 2 is 2.03 bits per heavy atom. The number of anilines is 2. The molecule has 154 valence electrons. The maximum absolute atomic E-state index is 6.01. The van der Waals surface area contributed by atoms with Crippen LogP contribution in [0.1, 0.15) is 12.8 Å². The van der Waals surface area contributed by atoms with E-state index in [0.29, 0.717) is 29.8 Å². The fourth-order valence-corrected chi connectivity index (χ4v) is 4.53. The van der Waals surface area contributed by atoms with Crippen molar-refractivity contribution in [1.82, 2.24) is 20.3 Å². The molecule has 0 aliphatic rings. The van der Waals surface area contributed by atoms with Gasteiger partial charge in [-0.1, -0.05) is 52.0 Å². The van der Waals surface area contributed by atoms with Crippen molar-refractivity contribution in [2.75, 3.05) is 17.7 Å². The lowest BCUT2D eigenvalue weighted by atomic mass is 10.2. The molecule has 1 N–H and O–H groups in total. The number of halogens is 1. The first-order valence-electron chi connectivity index (χ1n) is 9.24. The van der Waals surface area contributed by atoms with Gasteiger partial charge in [0.1, 0.15) is 5.75 Å².